The van der Waals surface area contributed by atoms with Gasteiger partial charge in [-0.1, -0.05) is 12.1 Å². The maximum Gasteiger partial charge on any atom is 0.0855 e. The second kappa shape index (κ2) is 4.52. The van der Waals surface area contributed by atoms with E-state index in [1.54, 1.807) is 11.8 Å². The Morgan fingerprint density at radius 1 is 1.29 bits per heavy atom. The number of nitrogens with zero attached hydrogens (tertiary/aromatic N) is 1. The molecule has 0 saturated carbocycles. The van der Waals surface area contributed by atoms with Gasteiger partial charge in [0.2, 0.25) is 0 Å². The molecule has 2 rings (SSSR count). The third-order valence-electron chi connectivity index (χ3n) is 2.65. The molecule has 1 aliphatic carbocycles. The molecule has 0 amide bonds. The van der Waals surface area contributed by atoms with Crippen LogP contribution in [0.2, 0.25) is 0 Å². The number of thioether (sulfide) groups is 1. The zero-order valence-electron chi connectivity index (χ0n) is 8.12. The first-order valence-electron chi connectivity index (χ1n) is 5.02. The van der Waals surface area contributed by atoms with Gasteiger partial charge < -0.3 is 0 Å². The number of hydrogen-bond donors (Lipinski definition) is 0. The summed E-state index contributed by atoms with van der Waals surface area (Å²) in [4.78, 5) is 1.32. The summed E-state index contributed by atoms with van der Waals surface area (Å²) < 4.78 is 0. The van der Waals surface area contributed by atoms with Gasteiger partial charge in [-0.15, -0.1) is 11.8 Å². The van der Waals surface area contributed by atoms with Gasteiger partial charge in [-0.05, 0) is 42.9 Å². The van der Waals surface area contributed by atoms with Crippen LogP contribution in [0.25, 0.3) is 0 Å². The quantitative estimate of drug-likeness (QED) is 0.689. The van der Waals surface area contributed by atoms with Crippen molar-refractivity contribution in [3.05, 3.63) is 29.3 Å². The van der Waals surface area contributed by atoms with E-state index < -0.39 is 0 Å². The standard InChI is InChI=1S/C12H13NS/c13-8-9-14-12-7-3-5-10-4-1-2-6-11(10)12/h3,5,7H,1-2,4,6,9H2. The molecule has 1 aromatic carbocycles. The molecule has 0 fully saturated rings. The van der Waals surface area contributed by atoms with Crippen molar-refractivity contribution in [1.29, 1.82) is 5.26 Å². The molecule has 1 aliphatic rings. The Labute approximate surface area is 89.1 Å². The molecule has 0 heterocycles. The van der Waals surface area contributed by atoms with Crippen LogP contribution in [0.3, 0.4) is 0 Å². The van der Waals surface area contributed by atoms with Crippen molar-refractivity contribution in [3.63, 3.8) is 0 Å². The second-order valence-electron chi connectivity index (χ2n) is 3.55. The minimum atomic E-state index is 0.566. The van der Waals surface area contributed by atoms with E-state index >= 15 is 0 Å². The molecule has 0 atom stereocenters. The molecular weight excluding hydrogens is 190 g/mol. The molecule has 2 heteroatoms. The molecule has 72 valence electrons. The van der Waals surface area contributed by atoms with Gasteiger partial charge in [0.15, 0.2) is 0 Å². The van der Waals surface area contributed by atoms with Crippen molar-refractivity contribution in [1.82, 2.24) is 0 Å². The van der Waals surface area contributed by atoms with Crippen LogP contribution in [-0.2, 0) is 12.8 Å². The Morgan fingerprint density at radius 2 is 2.14 bits per heavy atom. The lowest BCUT2D eigenvalue weighted by Gasteiger charge is -2.18. The Kier molecular flexibility index (Phi) is 3.10. The highest BCUT2D eigenvalue weighted by Gasteiger charge is 2.12. The second-order valence-corrected chi connectivity index (χ2v) is 4.56. The minimum absolute atomic E-state index is 0.566. The summed E-state index contributed by atoms with van der Waals surface area (Å²) in [6, 6.07) is 8.67. The molecule has 1 aromatic rings. The summed E-state index contributed by atoms with van der Waals surface area (Å²) in [5, 5.41) is 8.56. The fraction of sp³-hybridized carbons (Fsp3) is 0.417. The van der Waals surface area contributed by atoms with E-state index in [9.17, 15) is 0 Å². The first-order valence-corrected chi connectivity index (χ1v) is 6.01. The zero-order chi connectivity index (χ0) is 9.80. The van der Waals surface area contributed by atoms with E-state index in [4.69, 9.17) is 5.26 Å². The summed E-state index contributed by atoms with van der Waals surface area (Å²) in [5.74, 6) is 0.566. The molecule has 14 heavy (non-hydrogen) atoms. The first kappa shape index (κ1) is 9.61. The largest absolute Gasteiger partial charge is 0.197 e. The summed E-state index contributed by atoms with van der Waals surface area (Å²) in [5.41, 5.74) is 3.00. The van der Waals surface area contributed by atoms with Crippen molar-refractivity contribution in [2.24, 2.45) is 0 Å². The lowest BCUT2D eigenvalue weighted by Crippen LogP contribution is -2.03. The Balaban J connectivity index is 2.27. The third kappa shape index (κ3) is 1.93. The van der Waals surface area contributed by atoms with Gasteiger partial charge in [0.25, 0.3) is 0 Å². The van der Waals surface area contributed by atoms with Crippen LogP contribution in [0.15, 0.2) is 23.1 Å². The van der Waals surface area contributed by atoms with Crippen LogP contribution >= 0.6 is 11.8 Å². The highest BCUT2D eigenvalue weighted by Crippen LogP contribution is 2.30. The van der Waals surface area contributed by atoms with Crippen LogP contribution < -0.4 is 0 Å². The number of benzene rings is 1. The summed E-state index contributed by atoms with van der Waals surface area (Å²) in [6.45, 7) is 0. The SMILES string of the molecule is N#CCSc1cccc2c1CCCC2. The molecule has 0 unspecified atom stereocenters. The Hall–Kier alpha value is -0.940. The molecule has 0 aromatic heterocycles. The van der Waals surface area contributed by atoms with Gasteiger partial charge in [0, 0.05) is 4.90 Å². The van der Waals surface area contributed by atoms with Gasteiger partial charge in [0.1, 0.15) is 0 Å². The monoisotopic (exact) mass is 203 g/mol. The van der Waals surface area contributed by atoms with E-state index in [-0.39, 0.29) is 0 Å². The van der Waals surface area contributed by atoms with Crippen molar-refractivity contribution in [2.75, 3.05) is 5.75 Å². The van der Waals surface area contributed by atoms with Gasteiger partial charge in [-0.25, -0.2) is 0 Å². The average Bonchev–Trinajstić information content (AvgIpc) is 2.26. The first-order chi connectivity index (χ1) is 6.92. The van der Waals surface area contributed by atoms with E-state index in [1.807, 2.05) is 0 Å². The van der Waals surface area contributed by atoms with Crippen LogP contribution in [-0.4, -0.2) is 5.75 Å². The highest BCUT2D eigenvalue weighted by atomic mass is 32.2. The van der Waals surface area contributed by atoms with Crippen LogP contribution in [0, 0.1) is 11.3 Å². The normalized spacial score (nSPS) is 14.5. The smallest absolute Gasteiger partial charge is 0.0855 e. The van der Waals surface area contributed by atoms with Crippen LogP contribution in [0.1, 0.15) is 24.0 Å². The third-order valence-corrected chi connectivity index (χ3v) is 3.61. The maximum absolute atomic E-state index is 8.56. The predicted octanol–water partition coefficient (Wildman–Crippen LogP) is 3.18. The molecule has 0 radical (unpaired) electrons. The molecule has 0 bridgehead atoms. The van der Waals surface area contributed by atoms with Gasteiger partial charge in [-0.2, -0.15) is 5.26 Å². The molecule has 0 spiro atoms. The summed E-state index contributed by atoms with van der Waals surface area (Å²) in [6.07, 6.45) is 5.04. The molecule has 0 saturated heterocycles. The van der Waals surface area contributed by atoms with Crippen LogP contribution in [0.4, 0.5) is 0 Å². The number of nitriles is 1. The predicted molar refractivity (Wildman–Crippen MR) is 59.4 cm³/mol. The van der Waals surface area contributed by atoms with E-state index in [2.05, 4.69) is 24.3 Å². The van der Waals surface area contributed by atoms with Crippen molar-refractivity contribution in [3.8, 4) is 6.07 Å². The fourth-order valence-corrected chi connectivity index (χ4v) is 2.79. The van der Waals surface area contributed by atoms with Crippen molar-refractivity contribution >= 4 is 11.8 Å². The molecule has 1 nitrogen and oxygen atoms in total. The van der Waals surface area contributed by atoms with Gasteiger partial charge in [-0.3, -0.25) is 0 Å². The van der Waals surface area contributed by atoms with E-state index in [0.717, 1.165) is 0 Å². The Bertz CT molecular complexity index is 365. The van der Waals surface area contributed by atoms with E-state index in [1.165, 1.54) is 41.7 Å². The lowest BCUT2D eigenvalue weighted by atomic mass is 9.92. The Morgan fingerprint density at radius 3 is 3.00 bits per heavy atom. The maximum atomic E-state index is 8.56. The molecule has 0 aliphatic heterocycles. The number of hydrogen-bond acceptors (Lipinski definition) is 2. The van der Waals surface area contributed by atoms with Crippen LogP contribution in [0.5, 0.6) is 0 Å². The lowest BCUT2D eigenvalue weighted by molar-refractivity contribution is 0.675. The molecule has 0 N–H and O–H groups in total. The highest BCUT2D eigenvalue weighted by molar-refractivity contribution is 7.99. The van der Waals surface area contributed by atoms with Crippen molar-refractivity contribution in [2.45, 2.75) is 30.6 Å². The molecular formula is C12H13NS. The summed E-state index contributed by atoms with van der Waals surface area (Å²) >= 11 is 1.67. The van der Waals surface area contributed by atoms with Gasteiger partial charge in [0.05, 0.1) is 11.8 Å². The zero-order valence-corrected chi connectivity index (χ0v) is 8.94. The average molecular weight is 203 g/mol. The number of fused-ring (bicyclic) bond motifs is 1. The minimum Gasteiger partial charge on any atom is -0.197 e. The van der Waals surface area contributed by atoms with Gasteiger partial charge >= 0.3 is 0 Å². The number of rotatable bonds is 2. The van der Waals surface area contributed by atoms with E-state index in [0.29, 0.717) is 5.75 Å². The number of aryl methyl sites for hydroxylation is 1. The summed E-state index contributed by atoms with van der Waals surface area (Å²) in [7, 11) is 0. The topological polar surface area (TPSA) is 23.8 Å². The fourth-order valence-electron chi connectivity index (χ4n) is 1.99. The van der Waals surface area contributed by atoms with Crippen molar-refractivity contribution < 1.29 is 0 Å².